The van der Waals surface area contributed by atoms with E-state index in [4.69, 9.17) is 13.9 Å². The molecule has 3 aromatic rings. The van der Waals surface area contributed by atoms with Gasteiger partial charge in [0.2, 0.25) is 0 Å². The van der Waals surface area contributed by atoms with Crippen molar-refractivity contribution in [3.63, 3.8) is 0 Å². The highest BCUT2D eigenvalue weighted by molar-refractivity contribution is 5.91. The standard InChI is InChI=1S/C26H30O5/c1-18(2)5-4-6-19(3)15-16-29-22-10-7-20(8-11-22)26(28)30-23-12-13-24-21(17-23)9-14-25(27)31-24/h7-14,17-19H,4-6,15-16H2,1-3H3/t19-/m1/s1. The van der Waals surface area contributed by atoms with Crippen molar-refractivity contribution in [2.24, 2.45) is 11.8 Å². The van der Waals surface area contributed by atoms with Crippen LogP contribution in [0.3, 0.4) is 0 Å². The summed E-state index contributed by atoms with van der Waals surface area (Å²) in [5, 5.41) is 0.687. The minimum atomic E-state index is -0.456. The smallest absolute Gasteiger partial charge is 0.343 e. The normalized spacial score (nSPS) is 12.1. The monoisotopic (exact) mass is 422 g/mol. The molecule has 0 radical (unpaired) electrons. The molecule has 164 valence electrons. The van der Waals surface area contributed by atoms with E-state index in [0.717, 1.165) is 18.1 Å². The fourth-order valence-electron chi connectivity index (χ4n) is 3.36. The first-order chi connectivity index (χ1) is 14.9. The maximum absolute atomic E-state index is 12.4. The highest BCUT2D eigenvalue weighted by Gasteiger charge is 2.10. The molecule has 0 aliphatic heterocycles. The van der Waals surface area contributed by atoms with Gasteiger partial charge in [-0.25, -0.2) is 9.59 Å². The fraction of sp³-hybridized carbons (Fsp3) is 0.385. The summed E-state index contributed by atoms with van der Waals surface area (Å²) in [5.41, 5.74) is 0.470. The second-order valence-electron chi connectivity index (χ2n) is 8.44. The molecule has 0 bridgehead atoms. The van der Waals surface area contributed by atoms with Crippen molar-refractivity contribution in [1.29, 1.82) is 0 Å². The zero-order chi connectivity index (χ0) is 22.2. The van der Waals surface area contributed by atoms with Crippen LogP contribution in [0.1, 0.15) is 56.8 Å². The molecule has 0 N–H and O–H groups in total. The van der Waals surface area contributed by atoms with E-state index >= 15 is 0 Å². The van der Waals surface area contributed by atoms with Crippen LogP contribution in [0, 0.1) is 11.8 Å². The summed E-state index contributed by atoms with van der Waals surface area (Å²) in [6, 6.07) is 14.8. The van der Waals surface area contributed by atoms with Crippen molar-refractivity contribution in [3.05, 3.63) is 70.6 Å². The van der Waals surface area contributed by atoms with Crippen molar-refractivity contribution in [3.8, 4) is 11.5 Å². The Hall–Kier alpha value is -3.08. The quantitative estimate of drug-likeness (QED) is 0.220. The largest absolute Gasteiger partial charge is 0.494 e. The molecule has 1 aromatic heterocycles. The number of fused-ring (bicyclic) bond motifs is 1. The van der Waals surface area contributed by atoms with Crippen LogP contribution in [0.15, 0.2) is 63.8 Å². The van der Waals surface area contributed by atoms with Gasteiger partial charge in [0.1, 0.15) is 17.1 Å². The third kappa shape index (κ3) is 6.99. The summed E-state index contributed by atoms with van der Waals surface area (Å²) in [4.78, 5) is 23.7. The Labute approximate surface area is 183 Å². The van der Waals surface area contributed by atoms with Gasteiger partial charge in [0, 0.05) is 11.5 Å². The van der Waals surface area contributed by atoms with E-state index in [9.17, 15) is 9.59 Å². The number of carbonyl (C=O) groups excluding carboxylic acids is 1. The summed E-state index contributed by atoms with van der Waals surface area (Å²) in [6.45, 7) is 7.45. The first-order valence-corrected chi connectivity index (χ1v) is 10.9. The molecular weight excluding hydrogens is 392 g/mol. The Morgan fingerprint density at radius 3 is 2.39 bits per heavy atom. The zero-order valence-corrected chi connectivity index (χ0v) is 18.4. The lowest BCUT2D eigenvalue weighted by Crippen LogP contribution is -2.09. The highest BCUT2D eigenvalue weighted by atomic mass is 16.5. The summed E-state index contributed by atoms with van der Waals surface area (Å²) in [5.74, 6) is 2.08. The van der Waals surface area contributed by atoms with Crippen LogP contribution < -0.4 is 15.1 Å². The molecule has 5 heteroatoms. The lowest BCUT2D eigenvalue weighted by Gasteiger charge is -2.13. The van der Waals surface area contributed by atoms with Gasteiger partial charge in [-0.2, -0.15) is 0 Å². The maximum atomic E-state index is 12.4. The van der Waals surface area contributed by atoms with Gasteiger partial charge >= 0.3 is 11.6 Å². The molecule has 0 amide bonds. The van der Waals surface area contributed by atoms with E-state index in [1.165, 1.54) is 25.3 Å². The van der Waals surface area contributed by atoms with Crippen LogP contribution in [0.25, 0.3) is 11.0 Å². The van der Waals surface area contributed by atoms with Gasteiger partial charge in [-0.3, -0.25) is 0 Å². The van der Waals surface area contributed by atoms with Gasteiger partial charge in [-0.05, 0) is 66.8 Å². The number of rotatable bonds is 10. The van der Waals surface area contributed by atoms with Crippen LogP contribution in [-0.2, 0) is 0 Å². The van der Waals surface area contributed by atoms with E-state index in [-0.39, 0.29) is 0 Å². The van der Waals surface area contributed by atoms with Crippen molar-refractivity contribution in [1.82, 2.24) is 0 Å². The van der Waals surface area contributed by atoms with Gasteiger partial charge in [0.15, 0.2) is 0 Å². The average molecular weight is 423 g/mol. The Balaban J connectivity index is 1.48. The molecule has 0 aliphatic rings. The first-order valence-electron chi connectivity index (χ1n) is 10.9. The summed E-state index contributed by atoms with van der Waals surface area (Å²) >= 11 is 0. The number of hydrogen-bond donors (Lipinski definition) is 0. The van der Waals surface area contributed by atoms with Crippen LogP contribution in [0.5, 0.6) is 11.5 Å². The molecule has 5 nitrogen and oxygen atoms in total. The van der Waals surface area contributed by atoms with Crippen LogP contribution in [-0.4, -0.2) is 12.6 Å². The second-order valence-corrected chi connectivity index (χ2v) is 8.44. The van der Waals surface area contributed by atoms with Gasteiger partial charge < -0.3 is 13.9 Å². The first kappa shape index (κ1) is 22.6. The zero-order valence-electron chi connectivity index (χ0n) is 18.4. The van der Waals surface area contributed by atoms with Crippen molar-refractivity contribution in [2.45, 2.75) is 46.5 Å². The predicted octanol–water partition coefficient (Wildman–Crippen LogP) is 6.24. The number of benzene rings is 2. The van der Waals surface area contributed by atoms with E-state index in [2.05, 4.69) is 20.8 Å². The fourth-order valence-corrected chi connectivity index (χ4v) is 3.36. The number of carbonyl (C=O) groups is 1. The predicted molar refractivity (Wildman–Crippen MR) is 122 cm³/mol. The lowest BCUT2D eigenvalue weighted by molar-refractivity contribution is 0.0735. The minimum Gasteiger partial charge on any atom is -0.494 e. The Morgan fingerprint density at radius 1 is 0.903 bits per heavy atom. The molecule has 0 fully saturated rings. The number of ether oxygens (including phenoxy) is 2. The molecule has 0 saturated carbocycles. The van der Waals surface area contributed by atoms with Gasteiger partial charge in [-0.15, -0.1) is 0 Å². The molecule has 1 heterocycles. The summed E-state index contributed by atoms with van der Waals surface area (Å²) < 4.78 is 16.4. The molecule has 0 aliphatic carbocycles. The molecule has 0 unspecified atom stereocenters. The molecule has 0 spiro atoms. The third-order valence-electron chi connectivity index (χ3n) is 5.25. The second kappa shape index (κ2) is 10.8. The molecule has 1 atom stereocenters. The Morgan fingerprint density at radius 2 is 1.65 bits per heavy atom. The summed E-state index contributed by atoms with van der Waals surface area (Å²) in [7, 11) is 0. The van der Waals surface area contributed by atoms with Crippen molar-refractivity contribution < 1.29 is 18.7 Å². The van der Waals surface area contributed by atoms with Gasteiger partial charge in [0.05, 0.1) is 12.2 Å². The van der Waals surface area contributed by atoms with Crippen molar-refractivity contribution >= 4 is 16.9 Å². The number of hydrogen-bond acceptors (Lipinski definition) is 5. The number of esters is 1. The van der Waals surface area contributed by atoms with E-state index in [1.54, 1.807) is 48.5 Å². The topological polar surface area (TPSA) is 65.7 Å². The van der Waals surface area contributed by atoms with Gasteiger partial charge in [-0.1, -0.05) is 40.0 Å². The molecule has 31 heavy (non-hydrogen) atoms. The molecule has 2 aromatic carbocycles. The Kier molecular flexibility index (Phi) is 7.88. The van der Waals surface area contributed by atoms with Gasteiger partial charge in [0.25, 0.3) is 0 Å². The average Bonchev–Trinajstić information content (AvgIpc) is 2.74. The molecule has 3 rings (SSSR count). The van der Waals surface area contributed by atoms with E-state index in [0.29, 0.717) is 34.8 Å². The Bertz CT molecular complexity index is 1050. The summed E-state index contributed by atoms with van der Waals surface area (Å²) in [6.07, 6.45) is 4.79. The van der Waals surface area contributed by atoms with Crippen LogP contribution in [0.4, 0.5) is 0 Å². The highest BCUT2D eigenvalue weighted by Crippen LogP contribution is 2.22. The SMILES string of the molecule is CC(C)CCC[C@@H](C)CCOc1ccc(C(=O)Oc2ccc3oc(=O)ccc3c2)cc1. The third-order valence-corrected chi connectivity index (χ3v) is 5.25. The van der Waals surface area contributed by atoms with E-state index in [1.807, 2.05) is 0 Å². The van der Waals surface area contributed by atoms with E-state index < -0.39 is 11.6 Å². The minimum absolute atomic E-state index is 0.387. The maximum Gasteiger partial charge on any atom is 0.343 e. The van der Waals surface area contributed by atoms with Crippen LogP contribution in [0.2, 0.25) is 0 Å². The molecular formula is C26H30O5. The molecule has 0 saturated heterocycles. The lowest BCUT2D eigenvalue weighted by atomic mass is 9.98. The van der Waals surface area contributed by atoms with Crippen LogP contribution >= 0.6 is 0 Å². The van der Waals surface area contributed by atoms with Crippen molar-refractivity contribution in [2.75, 3.05) is 6.61 Å².